The van der Waals surface area contributed by atoms with Crippen molar-refractivity contribution in [1.29, 1.82) is 0 Å². The second kappa shape index (κ2) is 5.57. The van der Waals surface area contributed by atoms with E-state index in [2.05, 4.69) is 50.4 Å². The first-order valence-corrected chi connectivity index (χ1v) is 6.81. The van der Waals surface area contributed by atoms with Gasteiger partial charge in [-0.2, -0.15) is 0 Å². The predicted octanol–water partition coefficient (Wildman–Crippen LogP) is 4.44. The van der Waals surface area contributed by atoms with Crippen LogP contribution in [0.1, 0.15) is 44.1 Å². The van der Waals surface area contributed by atoms with Crippen LogP contribution >= 0.6 is 0 Å². The van der Waals surface area contributed by atoms with Gasteiger partial charge in [-0.25, -0.2) is 0 Å². The summed E-state index contributed by atoms with van der Waals surface area (Å²) in [6, 6.07) is 8.82. The molecule has 0 fully saturated rings. The number of benzene rings is 1. The molecule has 18 heavy (non-hydrogen) atoms. The van der Waals surface area contributed by atoms with Crippen molar-refractivity contribution in [2.75, 3.05) is 7.05 Å². The van der Waals surface area contributed by atoms with Crippen molar-refractivity contribution < 1.29 is 4.42 Å². The first-order chi connectivity index (χ1) is 8.63. The molecule has 0 aliphatic carbocycles. The van der Waals surface area contributed by atoms with Crippen LogP contribution in [0.25, 0.3) is 11.0 Å². The quantitative estimate of drug-likeness (QED) is 0.842. The zero-order valence-electron chi connectivity index (χ0n) is 11.8. The monoisotopic (exact) mass is 245 g/mol. The summed E-state index contributed by atoms with van der Waals surface area (Å²) in [6.07, 6.45) is 2.32. The fourth-order valence-corrected chi connectivity index (χ4v) is 2.30. The van der Waals surface area contributed by atoms with Crippen LogP contribution < -0.4 is 5.32 Å². The smallest absolute Gasteiger partial charge is 0.134 e. The molecule has 0 radical (unpaired) electrons. The highest BCUT2D eigenvalue weighted by Crippen LogP contribution is 2.28. The molecule has 98 valence electrons. The predicted molar refractivity (Wildman–Crippen MR) is 76.8 cm³/mol. The van der Waals surface area contributed by atoms with Crippen LogP contribution in [0.4, 0.5) is 0 Å². The Labute approximate surface area is 109 Å². The van der Waals surface area contributed by atoms with E-state index in [0.717, 1.165) is 17.8 Å². The molecule has 2 nitrogen and oxygen atoms in total. The van der Waals surface area contributed by atoms with Gasteiger partial charge in [-0.15, -0.1) is 0 Å². The Morgan fingerprint density at radius 3 is 2.72 bits per heavy atom. The van der Waals surface area contributed by atoms with Crippen LogP contribution in [0.3, 0.4) is 0 Å². The molecule has 0 saturated carbocycles. The van der Waals surface area contributed by atoms with Gasteiger partial charge >= 0.3 is 0 Å². The lowest BCUT2D eigenvalue weighted by Gasteiger charge is -2.17. The van der Waals surface area contributed by atoms with Gasteiger partial charge in [-0.1, -0.05) is 31.9 Å². The third kappa shape index (κ3) is 2.75. The molecular weight excluding hydrogens is 222 g/mol. The second-order valence-corrected chi connectivity index (χ2v) is 5.28. The number of nitrogens with one attached hydrogen (secondary N) is 1. The summed E-state index contributed by atoms with van der Waals surface area (Å²) in [7, 11) is 2.01. The van der Waals surface area contributed by atoms with Crippen molar-refractivity contribution in [2.45, 2.75) is 39.7 Å². The maximum Gasteiger partial charge on any atom is 0.134 e. The summed E-state index contributed by atoms with van der Waals surface area (Å²) in [5, 5.41) is 4.57. The van der Waals surface area contributed by atoms with Gasteiger partial charge in [0.2, 0.25) is 0 Å². The lowest BCUT2D eigenvalue weighted by molar-refractivity contribution is 0.371. The van der Waals surface area contributed by atoms with Gasteiger partial charge in [0.15, 0.2) is 0 Å². The van der Waals surface area contributed by atoms with E-state index in [1.807, 2.05) is 7.05 Å². The van der Waals surface area contributed by atoms with Gasteiger partial charge in [-0.3, -0.25) is 0 Å². The minimum Gasteiger partial charge on any atom is -0.459 e. The summed E-state index contributed by atoms with van der Waals surface area (Å²) in [5.74, 6) is 1.76. The molecule has 0 spiro atoms. The number of aryl methyl sites for hydroxylation is 1. The number of hydrogen-bond acceptors (Lipinski definition) is 2. The Bertz CT molecular complexity index is 515. The maximum atomic E-state index is 5.96. The SMILES string of the molecule is CCC(C)CC(NC)c1cc2cc(C)ccc2o1. The zero-order chi connectivity index (χ0) is 13.1. The average molecular weight is 245 g/mol. The van der Waals surface area contributed by atoms with E-state index in [9.17, 15) is 0 Å². The van der Waals surface area contributed by atoms with Crippen molar-refractivity contribution in [2.24, 2.45) is 5.92 Å². The molecule has 0 bridgehead atoms. The molecule has 2 aromatic rings. The topological polar surface area (TPSA) is 25.2 Å². The normalized spacial score (nSPS) is 14.9. The molecule has 2 unspecified atom stereocenters. The minimum absolute atomic E-state index is 0.313. The molecule has 0 aliphatic rings. The molecular formula is C16H23NO. The van der Waals surface area contributed by atoms with Crippen LogP contribution in [0, 0.1) is 12.8 Å². The van der Waals surface area contributed by atoms with E-state index in [1.165, 1.54) is 17.4 Å². The summed E-state index contributed by atoms with van der Waals surface area (Å²) < 4.78 is 5.96. The standard InChI is InChI=1S/C16H23NO/c1-5-11(2)9-14(17-4)16-10-13-8-12(3)6-7-15(13)18-16/h6-8,10-11,14,17H,5,9H2,1-4H3. The molecule has 1 aromatic heterocycles. The fraction of sp³-hybridized carbons (Fsp3) is 0.500. The largest absolute Gasteiger partial charge is 0.459 e. The van der Waals surface area contributed by atoms with Crippen LogP contribution in [-0.4, -0.2) is 7.05 Å². The van der Waals surface area contributed by atoms with Crippen LogP contribution in [0.15, 0.2) is 28.7 Å². The Morgan fingerprint density at radius 2 is 2.06 bits per heavy atom. The molecule has 0 saturated heterocycles. The van der Waals surface area contributed by atoms with E-state index in [1.54, 1.807) is 0 Å². The maximum absolute atomic E-state index is 5.96. The van der Waals surface area contributed by atoms with E-state index in [4.69, 9.17) is 4.42 Å². The Kier molecular flexibility index (Phi) is 4.07. The van der Waals surface area contributed by atoms with Crippen LogP contribution in [-0.2, 0) is 0 Å². The lowest BCUT2D eigenvalue weighted by atomic mass is 9.98. The van der Waals surface area contributed by atoms with E-state index in [-0.39, 0.29) is 0 Å². The van der Waals surface area contributed by atoms with Gasteiger partial charge in [0.1, 0.15) is 11.3 Å². The van der Waals surface area contributed by atoms with Gasteiger partial charge in [-0.05, 0) is 44.5 Å². The van der Waals surface area contributed by atoms with E-state index in [0.29, 0.717) is 12.0 Å². The molecule has 1 heterocycles. The fourth-order valence-electron chi connectivity index (χ4n) is 2.30. The van der Waals surface area contributed by atoms with E-state index >= 15 is 0 Å². The third-order valence-corrected chi connectivity index (χ3v) is 3.72. The van der Waals surface area contributed by atoms with Crippen molar-refractivity contribution in [3.8, 4) is 0 Å². The first-order valence-electron chi connectivity index (χ1n) is 6.81. The van der Waals surface area contributed by atoms with Gasteiger partial charge in [0.25, 0.3) is 0 Å². The zero-order valence-corrected chi connectivity index (χ0v) is 11.8. The molecule has 0 amide bonds. The highest BCUT2D eigenvalue weighted by atomic mass is 16.3. The Morgan fingerprint density at radius 1 is 1.28 bits per heavy atom. The molecule has 1 aromatic carbocycles. The van der Waals surface area contributed by atoms with Crippen LogP contribution in [0.5, 0.6) is 0 Å². The van der Waals surface area contributed by atoms with Gasteiger partial charge < -0.3 is 9.73 Å². The van der Waals surface area contributed by atoms with Crippen molar-refractivity contribution in [3.63, 3.8) is 0 Å². The van der Waals surface area contributed by atoms with Gasteiger partial charge in [0.05, 0.1) is 6.04 Å². The highest BCUT2D eigenvalue weighted by molar-refractivity contribution is 5.78. The summed E-state index contributed by atoms with van der Waals surface area (Å²) in [6.45, 7) is 6.64. The summed E-state index contributed by atoms with van der Waals surface area (Å²) in [4.78, 5) is 0. The third-order valence-electron chi connectivity index (χ3n) is 3.72. The lowest BCUT2D eigenvalue weighted by Crippen LogP contribution is -2.18. The Hall–Kier alpha value is -1.28. The van der Waals surface area contributed by atoms with Crippen molar-refractivity contribution in [1.82, 2.24) is 5.32 Å². The van der Waals surface area contributed by atoms with E-state index < -0.39 is 0 Å². The molecule has 2 atom stereocenters. The van der Waals surface area contributed by atoms with Crippen LogP contribution in [0.2, 0.25) is 0 Å². The highest BCUT2D eigenvalue weighted by Gasteiger charge is 2.16. The summed E-state index contributed by atoms with van der Waals surface area (Å²) in [5.41, 5.74) is 2.26. The molecule has 2 heteroatoms. The van der Waals surface area contributed by atoms with Crippen molar-refractivity contribution >= 4 is 11.0 Å². The second-order valence-electron chi connectivity index (χ2n) is 5.28. The Balaban J connectivity index is 2.28. The van der Waals surface area contributed by atoms with Gasteiger partial charge in [0, 0.05) is 5.39 Å². The number of hydrogen-bond donors (Lipinski definition) is 1. The minimum atomic E-state index is 0.313. The molecule has 1 N–H and O–H groups in total. The number of fused-ring (bicyclic) bond motifs is 1. The number of furan rings is 1. The number of rotatable bonds is 5. The first kappa shape index (κ1) is 13.2. The molecule has 0 aliphatic heterocycles. The average Bonchev–Trinajstić information content (AvgIpc) is 2.78. The molecule has 2 rings (SSSR count). The van der Waals surface area contributed by atoms with Crippen molar-refractivity contribution in [3.05, 3.63) is 35.6 Å². The summed E-state index contributed by atoms with van der Waals surface area (Å²) >= 11 is 0.